The minimum atomic E-state index is -0.732. The minimum Gasteiger partial charge on any atom is -0.508 e. The number of fused-ring (bicyclic) bond motifs is 3. The number of hydrogen-bond donors (Lipinski definition) is 3. The van der Waals surface area contributed by atoms with E-state index in [1.165, 1.54) is 24.4 Å². The third-order valence-electron chi connectivity index (χ3n) is 9.12. The number of pyridine rings is 1. The zero-order valence-electron chi connectivity index (χ0n) is 23.3. The summed E-state index contributed by atoms with van der Waals surface area (Å²) in [6, 6.07) is 5.87. The Morgan fingerprint density at radius 2 is 2.00 bits per heavy atom. The van der Waals surface area contributed by atoms with Crippen LogP contribution in [0, 0.1) is 17.6 Å². The summed E-state index contributed by atoms with van der Waals surface area (Å²) in [4.78, 5) is 27.9. The van der Waals surface area contributed by atoms with Gasteiger partial charge in [0, 0.05) is 24.8 Å². The van der Waals surface area contributed by atoms with Crippen molar-refractivity contribution in [2.75, 3.05) is 38.1 Å². The quantitative estimate of drug-likeness (QED) is 0.263. The molecule has 1 unspecified atom stereocenters. The van der Waals surface area contributed by atoms with E-state index in [0.717, 1.165) is 38.8 Å². The molecule has 7 rings (SSSR count). The lowest BCUT2D eigenvalue weighted by molar-refractivity contribution is -0.130. The average Bonchev–Trinajstić information content (AvgIpc) is 3.56. The van der Waals surface area contributed by atoms with Crippen LogP contribution in [0.2, 0.25) is 0 Å². The molecule has 0 bridgehead atoms. The Balaban J connectivity index is 1.34. The summed E-state index contributed by atoms with van der Waals surface area (Å²) in [7, 11) is 0. The molecular weight excluding hydrogens is 542 g/mol. The van der Waals surface area contributed by atoms with Gasteiger partial charge in [-0.3, -0.25) is 14.7 Å². The van der Waals surface area contributed by atoms with Crippen molar-refractivity contribution in [3.8, 4) is 23.0 Å². The van der Waals surface area contributed by atoms with Gasteiger partial charge in [0.05, 0.1) is 16.8 Å². The van der Waals surface area contributed by atoms with Gasteiger partial charge in [-0.25, -0.2) is 8.78 Å². The molecule has 0 spiro atoms. The Bertz CT molecular complexity index is 1720. The van der Waals surface area contributed by atoms with Crippen molar-refractivity contribution in [3.05, 3.63) is 47.7 Å². The number of rotatable bonds is 8. The fourth-order valence-electron chi connectivity index (χ4n) is 6.83. The highest BCUT2D eigenvalue weighted by molar-refractivity contribution is 6.01. The van der Waals surface area contributed by atoms with Gasteiger partial charge in [0.2, 0.25) is 5.91 Å². The van der Waals surface area contributed by atoms with Crippen molar-refractivity contribution in [1.82, 2.24) is 25.2 Å². The van der Waals surface area contributed by atoms with Gasteiger partial charge in [0.15, 0.2) is 5.82 Å². The lowest BCUT2D eigenvalue weighted by Crippen LogP contribution is -2.51. The number of ether oxygens (including phenoxy) is 1. The number of aromatic nitrogens is 3. The smallest absolute Gasteiger partial charge is 0.319 e. The van der Waals surface area contributed by atoms with Gasteiger partial charge in [-0.05, 0) is 79.7 Å². The number of benzene rings is 2. The number of hydrogen-bond acceptors (Lipinski definition) is 8. The molecule has 3 aliphatic rings. The number of carbonyl (C=O) groups is 1. The van der Waals surface area contributed by atoms with E-state index >= 15 is 4.39 Å². The van der Waals surface area contributed by atoms with E-state index in [-0.39, 0.29) is 45.9 Å². The number of aryl methyl sites for hydroxylation is 1. The van der Waals surface area contributed by atoms with Crippen LogP contribution in [-0.2, 0) is 11.2 Å². The molecule has 11 heteroatoms. The zero-order valence-corrected chi connectivity index (χ0v) is 23.3. The van der Waals surface area contributed by atoms with Crippen LogP contribution in [0.25, 0.3) is 32.9 Å². The van der Waals surface area contributed by atoms with E-state index < -0.39 is 11.6 Å². The summed E-state index contributed by atoms with van der Waals surface area (Å²) in [6.45, 7) is 5.17. The van der Waals surface area contributed by atoms with Gasteiger partial charge in [-0.1, -0.05) is 13.0 Å². The molecule has 3 fully saturated rings. The number of amides is 1. The largest absolute Gasteiger partial charge is 0.508 e. The normalized spacial score (nSPS) is 19.6. The summed E-state index contributed by atoms with van der Waals surface area (Å²) in [5, 5.41) is 17.8. The Morgan fingerprint density at radius 3 is 2.71 bits per heavy atom. The third-order valence-corrected chi connectivity index (χ3v) is 9.12. The van der Waals surface area contributed by atoms with Crippen LogP contribution >= 0.6 is 0 Å². The van der Waals surface area contributed by atoms with Crippen molar-refractivity contribution >= 4 is 33.4 Å². The van der Waals surface area contributed by atoms with Gasteiger partial charge in [0.1, 0.15) is 35.2 Å². The van der Waals surface area contributed by atoms with Gasteiger partial charge in [0.25, 0.3) is 0 Å². The van der Waals surface area contributed by atoms with Crippen molar-refractivity contribution < 1.29 is 23.4 Å². The summed E-state index contributed by atoms with van der Waals surface area (Å²) in [5.74, 6) is -1.18. The molecule has 0 saturated carbocycles. The van der Waals surface area contributed by atoms with Gasteiger partial charge in [-0.2, -0.15) is 9.97 Å². The summed E-state index contributed by atoms with van der Waals surface area (Å²) >= 11 is 0. The molecule has 5 heterocycles. The molecule has 0 radical (unpaired) electrons. The lowest BCUT2D eigenvalue weighted by atomic mass is 9.94. The van der Waals surface area contributed by atoms with Crippen molar-refractivity contribution in [2.45, 2.75) is 44.6 Å². The van der Waals surface area contributed by atoms with Crippen LogP contribution in [0.3, 0.4) is 0 Å². The number of phenolic OH excluding ortho intramolecular Hbond substituents is 1. The van der Waals surface area contributed by atoms with Crippen LogP contribution in [0.1, 0.15) is 38.2 Å². The topological polar surface area (TPSA) is 112 Å². The standard InChI is InChI=1S/C31H32F2N6O3/c1-2-20-23(32)6-5-17-11-19(40)12-21(24(17)20)26-25(33)27-22(15-34-26)28(35-13-18-14-36-29(18)41)38-30(37-27)42-16-31-7-3-9-39(31)10-4-8-31/h5-6,11-12,15,18,40H,2-4,7-10,13-14,16H2,1H3,(H,36,41)(H,35,37,38). The zero-order chi connectivity index (χ0) is 29.0. The first-order chi connectivity index (χ1) is 20.4. The maximum Gasteiger partial charge on any atom is 0.319 e. The van der Waals surface area contributed by atoms with Crippen molar-refractivity contribution in [2.24, 2.45) is 5.92 Å². The summed E-state index contributed by atoms with van der Waals surface area (Å²) in [5.41, 5.74) is 0.555. The number of anilines is 1. The molecule has 2 aromatic carbocycles. The van der Waals surface area contributed by atoms with Crippen molar-refractivity contribution in [3.63, 3.8) is 0 Å². The Labute approximate surface area is 241 Å². The van der Waals surface area contributed by atoms with E-state index in [1.54, 1.807) is 6.07 Å². The molecule has 42 heavy (non-hydrogen) atoms. The fraction of sp³-hybridized carbons (Fsp3) is 0.419. The molecule has 218 valence electrons. The van der Waals surface area contributed by atoms with Gasteiger partial charge >= 0.3 is 6.01 Å². The number of phenols is 1. The molecule has 1 atom stereocenters. The maximum absolute atomic E-state index is 16.5. The molecule has 3 N–H and O–H groups in total. The number of nitrogens with one attached hydrogen (secondary N) is 2. The van der Waals surface area contributed by atoms with Gasteiger partial charge < -0.3 is 20.5 Å². The van der Waals surface area contributed by atoms with E-state index in [9.17, 15) is 14.3 Å². The highest BCUT2D eigenvalue weighted by Gasteiger charge is 2.45. The maximum atomic E-state index is 16.5. The second-order valence-electron chi connectivity index (χ2n) is 11.5. The molecule has 0 aliphatic carbocycles. The number of aromatic hydroxyl groups is 1. The second kappa shape index (κ2) is 10.3. The number of halogens is 2. The second-order valence-corrected chi connectivity index (χ2v) is 11.5. The Morgan fingerprint density at radius 1 is 1.19 bits per heavy atom. The van der Waals surface area contributed by atoms with Crippen LogP contribution in [-0.4, -0.2) is 69.2 Å². The number of carbonyl (C=O) groups excluding carboxylic acids is 1. The van der Waals surface area contributed by atoms with Crippen LogP contribution in [0.15, 0.2) is 30.5 Å². The molecule has 9 nitrogen and oxygen atoms in total. The summed E-state index contributed by atoms with van der Waals surface area (Å²) in [6.07, 6.45) is 6.13. The van der Waals surface area contributed by atoms with Crippen LogP contribution < -0.4 is 15.4 Å². The average molecular weight is 575 g/mol. The number of nitrogens with zero attached hydrogens (tertiary/aromatic N) is 4. The van der Waals surface area contributed by atoms with E-state index in [2.05, 4.69) is 30.5 Å². The SMILES string of the molecule is CCc1c(F)ccc2cc(O)cc(-c3ncc4c(NCC5CNC5=O)nc(OCC56CCCN5CCC6)nc4c3F)c12. The third kappa shape index (κ3) is 4.38. The molecule has 3 saturated heterocycles. The predicted molar refractivity (Wildman–Crippen MR) is 154 cm³/mol. The fourth-order valence-corrected chi connectivity index (χ4v) is 6.83. The Kier molecular flexibility index (Phi) is 6.56. The summed E-state index contributed by atoms with van der Waals surface area (Å²) < 4.78 is 37.6. The van der Waals surface area contributed by atoms with Crippen LogP contribution in [0.5, 0.6) is 11.8 Å². The first-order valence-electron chi connectivity index (χ1n) is 14.6. The molecule has 1 amide bonds. The van der Waals surface area contributed by atoms with E-state index in [4.69, 9.17) is 4.74 Å². The highest BCUT2D eigenvalue weighted by Crippen LogP contribution is 2.40. The molecular formula is C31H32F2N6O3. The molecule has 2 aromatic heterocycles. The first kappa shape index (κ1) is 26.8. The molecule has 4 aromatic rings. The van der Waals surface area contributed by atoms with E-state index in [1.807, 2.05) is 6.92 Å². The lowest BCUT2D eigenvalue weighted by Gasteiger charge is -2.31. The van der Waals surface area contributed by atoms with Crippen molar-refractivity contribution in [1.29, 1.82) is 0 Å². The minimum absolute atomic E-state index is 0.0105. The van der Waals surface area contributed by atoms with Gasteiger partial charge in [-0.15, -0.1) is 0 Å². The predicted octanol–water partition coefficient (Wildman–Crippen LogP) is 4.56. The molecule has 3 aliphatic heterocycles. The monoisotopic (exact) mass is 574 g/mol. The number of β-lactam (4-membered cyclic amide) rings is 1. The van der Waals surface area contributed by atoms with E-state index in [0.29, 0.717) is 53.7 Å². The Hall–Kier alpha value is -4.12. The first-order valence-corrected chi connectivity index (χ1v) is 14.6. The van der Waals surface area contributed by atoms with Crippen LogP contribution in [0.4, 0.5) is 14.6 Å². The highest BCUT2D eigenvalue weighted by atomic mass is 19.1.